The topological polar surface area (TPSA) is 54.0 Å². The molecule has 0 N–H and O–H groups in total. The van der Waals surface area contributed by atoms with Crippen LogP contribution in [-0.4, -0.2) is 36.0 Å². The first-order valence-corrected chi connectivity index (χ1v) is 9.71. The van der Waals surface area contributed by atoms with Crippen LogP contribution in [0, 0.1) is 0 Å². The van der Waals surface area contributed by atoms with Gasteiger partial charge in [0.05, 0.1) is 19.3 Å². The van der Waals surface area contributed by atoms with Crippen LogP contribution in [0.2, 0.25) is 0 Å². The number of benzene rings is 2. The molecule has 5 heteroatoms. The maximum absolute atomic E-state index is 12.9. The quantitative estimate of drug-likeness (QED) is 0.763. The van der Waals surface area contributed by atoms with Gasteiger partial charge in [0, 0.05) is 6.42 Å². The van der Waals surface area contributed by atoms with Crippen LogP contribution in [0.1, 0.15) is 31.4 Å². The number of carbonyl (C=O) groups excluding carboxylic acids is 1. The van der Waals surface area contributed by atoms with Crippen LogP contribution in [0.4, 0.5) is 0 Å². The van der Waals surface area contributed by atoms with Crippen molar-refractivity contribution in [2.75, 3.05) is 0 Å². The minimum Gasteiger partial charge on any atom is -0.370 e. The van der Waals surface area contributed by atoms with E-state index in [9.17, 15) is 4.79 Å². The SMILES string of the molecule is CC1(C)O[C@H]2[C@H](O1)[C@H](OCc1ccccc1)CC(=O)[C@H]2OCc1ccccc1. The Morgan fingerprint density at radius 3 is 2.00 bits per heavy atom. The summed E-state index contributed by atoms with van der Waals surface area (Å²) < 4.78 is 24.2. The van der Waals surface area contributed by atoms with Crippen LogP contribution in [0.15, 0.2) is 60.7 Å². The third-order valence-corrected chi connectivity index (χ3v) is 5.13. The zero-order valence-electron chi connectivity index (χ0n) is 16.2. The molecule has 0 bridgehead atoms. The third-order valence-electron chi connectivity index (χ3n) is 5.13. The predicted octanol–water partition coefficient (Wildman–Crippen LogP) is 3.65. The lowest BCUT2D eigenvalue weighted by Gasteiger charge is -2.35. The van der Waals surface area contributed by atoms with E-state index in [4.69, 9.17) is 18.9 Å². The second-order valence-corrected chi connectivity index (χ2v) is 7.79. The van der Waals surface area contributed by atoms with Gasteiger partial charge in [0.2, 0.25) is 0 Å². The minimum absolute atomic E-state index is 0.00320. The van der Waals surface area contributed by atoms with Crippen molar-refractivity contribution in [3.8, 4) is 0 Å². The van der Waals surface area contributed by atoms with Crippen molar-refractivity contribution >= 4 is 5.78 Å². The summed E-state index contributed by atoms with van der Waals surface area (Å²) in [4.78, 5) is 12.9. The van der Waals surface area contributed by atoms with Gasteiger partial charge < -0.3 is 18.9 Å². The Bertz CT molecular complexity index is 789. The van der Waals surface area contributed by atoms with E-state index in [0.29, 0.717) is 13.2 Å². The fourth-order valence-corrected chi connectivity index (χ4v) is 3.83. The molecule has 2 aromatic rings. The number of hydrogen-bond acceptors (Lipinski definition) is 5. The monoisotopic (exact) mass is 382 g/mol. The van der Waals surface area contributed by atoms with Gasteiger partial charge >= 0.3 is 0 Å². The molecule has 1 saturated carbocycles. The first-order chi connectivity index (χ1) is 13.5. The van der Waals surface area contributed by atoms with Gasteiger partial charge in [-0.05, 0) is 25.0 Å². The number of carbonyl (C=O) groups is 1. The molecular formula is C23H26O5. The first-order valence-electron chi connectivity index (χ1n) is 9.71. The molecule has 0 aromatic heterocycles. The minimum atomic E-state index is -0.775. The Morgan fingerprint density at radius 1 is 0.857 bits per heavy atom. The fourth-order valence-electron chi connectivity index (χ4n) is 3.83. The average molecular weight is 382 g/mol. The van der Waals surface area contributed by atoms with Crippen molar-refractivity contribution in [1.82, 2.24) is 0 Å². The second kappa shape index (κ2) is 8.13. The third kappa shape index (κ3) is 4.33. The molecule has 0 amide bonds. The highest BCUT2D eigenvalue weighted by Crippen LogP contribution is 2.38. The zero-order chi connectivity index (χ0) is 19.6. The first kappa shape index (κ1) is 19.3. The number of rotatable bonds is 6. The van der Waals surface area contributed by atoms with E-state index < -0.39 is 18.0 Å². The van der Waals surface area contributed by atoms with E-state index in [-0.39, 0.29) is 24.4 Å². The summed E-state index contributed by atoms with van der Waals surface area (Å²) in [5.74, 6) is -0.778. The van der Waals surface area contributed by atoms with E-state index in [2.05, 4.69) is 0 Å². The van der Waals surface area contributed by atoms with E-state index in [1.54, 1.807) is 0 Å². The maximum Gasteiger partial charge on any atom is 0.167 e. The number of hydrogen-bond donors (Lipinski definition) is 0. The summed E-state index contributed by atoms with van der Waals surface area (Å²) in [6, 6.07) is 19.7. The highest BCUT2D eigenvalue weighted by Gasteiger charge is 2.55. The number of ketones is 1. The van der Waals surface area contributed by atoms with Crippen LogP contribution in [0.25, 0.3) is 0 Å². The second-order valence-electron chi connectivity index (χ2n) is 7.79. The summed E-state index contributed by atoms with van der Waals surface area (Å²) >= 11 is 0. The molecule has 148 valence electrons. The van der Waals surface area contributed by atoms with Gasteiger partial charge in [0.1, 0.15) is 18.3 Å². The molecule has 2 aromatic carbocycles. The smallest absolute Gasteiger partial charge is 0.167 e. The molecule has 4 atom stereocenters. The molecule has 2 fully saturated rings. The van der Waals surface area contributed by atoms with Gasteiger partial charge in [0.15, 0.2) is 11.6 Å². The highest BCUT2D eigenvalue weighted by atomic mass is 16.8. The van der Waals surface area contributed by atoms with Gasteiger partial charge in [-0.25, -0.2) is 0 Å². The molecule has 0 unspecified atom stereocenters. The Balaban J connectivity index is 1.45. The van der Waals surface area contributed by atoms with Gasteiger partial charge in [0.25, 0.3) is 0 Å². The Morgan fingerprint density at radius 2 is 1.39 bits per heavy atom. The lowest BCUT2D eigenvalue weighted by atomic mass is 9.88. The van der Waals surface area contributed by atoms with Crippen molar-refractivity contribution in [2.45, 2.75) is 63.7 Å². The normalized spacial score (nSPS) is 28.9. The number of Topliss-reactive ketones (excluding diaryl/α,β-unsaturated/α-hetero) is 1. The standard InChI is InChI=1S/C23H26O5/c1-23(2)27-21-19(25-14-16-9-5-3-6-10-16)13-18(24)20(22(21)28-23)26-15-17-11-7-4-8-12-17/h3-12,19-22H,13-15H2,1-2H3/t19-,20-,21-,22-/m1/s1. The molecule has 28 heavy (non-hydrogen) atoms. The average Bonchev–Trinajstić information content (AvgIpc) is 3.02. The van der Waals surface area contributed by atoms with E-state index >= 15 is 0 Å². The molecule has 4 rings (SSSR count). The molecule has 5 nitrogen and oxygen atoms in total. The van der Waals surface area contributed by atoms with Crippen molar-refractivity contribution in [2.24, 2.45) is 0 Å². The van der Waals surface area contributed by atoms with E-state index in [1.807, 2.05) is 74.5 Å². The predicted molar refractivity (Wildman–Crippen MR) is 103 cm³/mol. The van der Waals surface area contributed by atoms with Crippen molar-refractivity contribution in [1.29, 1.82) is 0 Å². The van der Waals surface area contributed by atoms with Crippen LogP contribution < -0.4 is 0 Å². The summed E-state index contributed by atoms with van der Waals surface area (Å²) in [6.45, 7) is 4.51. The van der Waals surface area contributed by atoms with Crippen LogP contribution in [-0.2, 0) is 37.0 Å². The summed E-state index contributed by atoms with van der Waals surface area (Å²) in [6.07, 6.45) is -1.55. The van der Waals surface area contributed by atoms with E-state index in [0.717, 1.165) is 11.1 Å². The Hall–Kier alpha value is -2.05. The molecule has 0 spiro atoms. The Labute approximate surface area is 165 Å². The number of fused-ring (bicyclic) bond motifs is 1. The zero-order valence-corrected chi connectivity index (χ0v) is 16.2. The van der Waals surface area contributed by atoms with E-state index in [1.165, 1.54) is 0 Å². The summed E-state index contributed by atoms with van der Waals surface area (Å²) in [5.41, 5.74) is 2.08. The lowest BCUT2D eigenvalue weighted by molar-refractivity contribution is -0.164. The molecule has 1 aliphatic heterocycles. The molecule has 2 aliphatic rings. The fraction of sp³-hybridized carbons (Fsp3) is 0.435. The van der Waals surface area contributed by atoms with Gasteiger partial charge in [-0.3, -0.25) is 4.79 Å². The Kier molecular flexibility index (Phi) is 5.60. The van der Waals surface area contributed by atoms with Gasteiger partial charge in [-0.2, -0.15) is 0 Å². The van der Waals surface area contributed by atoms with Crippen molar-refractivity contribution < 1.29 is 23.7 Å². The van der Waals surface area contributed by atoms with Crippen molar-refractivity contribution in [3.63, 3.8) is 0 Å². The largest absolute Gasteiger partial charge is 0.370 e. The summed E-state index contributed by atoms with van der Waals surface area (Å²) in [7, 11) is 0. The molecule has 1 heterocycles. The van der Waals surface area contributed by atoms with Crippen LogP contribution >= 0.6 is 0 Å². The molecular weight excluding hydrogens is 356 g/mol. The highest BCUT2D eigenvalue weighted by molar-refractivity contribution is 5.85. The number of ether oxygens (including phenoxy) is 4. The maximum atomic E-state index is 12.9. The van der Waals surface area contributed by atoms with Gasteiger partial charge in [-0.1, -0.05) is 60.7 Å². The van der Waals surface area contributed by atoms with Gasteiger partial charge in [-0.15, -0.1) is 0 Å². The van der Waals surface area contributed by atoms with Crippen molar-refractivity contribution in [3.05, 3.63) is 71.8 Å². The molecule has 1 saturated heterocycles. The van der Waals surface area contributed by atoms with Crippen LogP contribution in [0.3, 0.4) is 0 Å². The molecule has 1 aliphatic carbocycles. The lowest BCUT2D eigenvalue weighted by Crippen LogP contribution is -2.54. The molecule has 0 radical (unpaired) electrons. The van der Waals surface area contributed by atoms with Crippen LogP contribution in [0.5, 0.6) is 0 Å². The summed E-state index contributed by atoms with van der Waals surface area (Å²) in [5, 5.41) is 0.